The largest absolute Gasteiger partial charge is 0.490 e. The molecule has 1 spiro atoms. The van der Waals surface area contributed by atoms with Crippen molar-refractivity contribution in [3.05, 3.63) is 42.5 Å². The third-order valence-electron chi connectivity index (χ3n) is 5.31. The van der Waals surface area contributed by atoms with Gasteiger partial charge in [0.1, 0.15) is 30.3 Å². The normalized spacial score (nSPS) is 24.7. The van der Waals surface area contributed by atoms with Crippen molar-refractivity contribution >= 4 is 6.02 Å². The number of nitrogens with two attached hydrogens (primary N) is 1. The second-order valence-electron chi connectivity index (χ2n) is 7.18. The summed E-state index contributed by atoms with van der Waals surface area (Å²) in [5, 5.41) is 0. The second-order valence-corrected chi connectivity index (χ2v) is 7.18. The molecule has 2 aromatic rings. The third-order valence-corrected chi connectivity index (χ3v) is 5.31. The van der Waals surface area contributed by atoms with Crippen molar-refractivity contribution in [1.29, 1.82) is 0 Å². The molecular formula is C20H24N4O3. The highest BCUT2D eigenvalue weighted by atomic mass is 16.5. The first kappa shape index (κ1) is 17.7. The summed E-state index contributed by atoms with van der Waals surface area (Å²) in [6, 6.07) is 6.34. The van der Waals surface area contributed by atoms with E-state index in [2.05, 4.69) is 28.0 Å². The van der Waals surface area contributed by atoms with E-state index >= 15 is 0 Å². The lowest BCUT2D eigenvalue weighted by Gasteiger charge is -2.37. The molecule has 1 aromatic heterocycles. The van der Waals surface area contributed by atoms with Crippen LogP contribution in [-0.4, -0.2) is 41.9 Å². The van der Waals surface area contributed by atoms with E-state index in [0.717, 1.165) is 41.7 Å². The summed E-state index contributed by atoms with van der Waals surface area (Å²) in [4.78, 5) is 12.9. The molecule has 7 nitrogen and oxygen atoms in total. The van der Waals surface area contributed by atoms with E-state index in [-0.39, 0.29) is 18.2 Å². The first-order valence-electron chi connectivity index (χ1n) is 9.17. The maximum absolute atomic E-state index is 6.29. The van der Waals surface area contributed by atoms with Crippen LogP contribution in [-0.2, 0) is 15.0 Å². The molecule has 0 saturated heterocycles. The van der Waals surface area contributed by atoms with Gasteiger partial charge in [-0.1, -0.05) is 6.07 Å². The highest BCUT2D eigenvalue weighted by Gasteiger charge is 2.46. The fourth-order valence-corrected chi connectivity index (χ4v) is 3.74. The number of nitrogens with zero attached hydrogens (tertiary/aromatic N) is 3. The van der Waals surface area contributed by atoms with Crippen molar-refractivity contribution in [2.45, 2.75) is 43.9 Å². The van der Waals surface area contributed by atoms with Gasteiger partial charge in [0, 0.05) is 37.1 Å². The van der Waals surface area contributed by atoms with Crippen LogP contribution in [0.15, 0.2) is 41.9 Å². The number of methoxy groups -OCH3 is 1. The Kier molecular flexibility index (Phi) is 4.70. The van der Waals surface area contributed by atoms with Crippen molar-refractivity contribution in [3.63, 3.8) is 0 Å². The Hall–Kier alpha value is -2.67. The minimum absolute atomic E-state index is 0.0410. The molecule has 3 atom stereocenters. The highest BCUT2D eigenvalue weighted by Crippen LogP contribution is 2.46. The van der Waals surface area contributed by atoms with Gasteiger partial charge in [0.05, 0.1) is 6.10 Å². The summed E-state index contributed by atoms with van der Waals surface area (Å²) in [5.74, 6) is 0.832. The predicted molar refractivity (Wildman–Crippen MR) is 101 cm³/mol. The van der Waals surface area contributed by atoms with Crippen LogP contribution in [0.1, 0.15) is 31.7 Å². The number of fused-ring (bicyclic) bond motifs is 2. The van der Waals surface area contributed by atoms with E-state index in [1.54, 1.807) is 19.5 Å². The highest BCUT2D eigenvalue weighted by molar-refractivity contribution is 5.75. The van der Waals surface area contributed by atoms with Gasteiger partial charge in [-0.05, 0) is 37.5 Å². The number of benzene rings is 1. The van der Waals surface area contributed by atoms with Crippen LogP contribution in [0.4, 0.5) is 0 Å². The first-order chi connectivity index (χ1) is 13.1. The molecule has 0 saturated carbocycles. The molecule has 2 N–H and O–H groups in total. The Balaban J connectivity index is 1.68. The molecule has 3 heterocycles. The quantitative estimate of drug-likeness (QED) is 0.872. The van der Waals surface area contributed by atoms with Crippen LogP contribution in [0, 0.1) is 0 Å². The zero-order chi connectivity index (χ0) is 18.9. The van der Waals surface area contributed by atoms with E-state index in [9.17, 15) is 0 Å². The molecule has 7 heteroatoms. The molecule has 0 fully saturated rings. The Bertz CT molecular complexity index is 842. The lowest BCUT2D eigenvalue weighted by molar-refractivity contribution is 0.0670. The zero-order valence-electron chi connectivity index (χ0n) is 15.6. The van der Waals surface area contributed by atoms with Crippen molar-refractivity contribution in [3.8, 4) is 16.9 Å². The van der Waals surface area contributed by atoms with Gasteiger partial charge in [-0.15, -0.1) is 0 Å². The maximum Gasteiger partial charge on any atom is 0.283 e. The molecule has 142 valence electrons. The van der Waals surface area contributed by atoms with Gasteiger partial charge in [-0.25, -0.2) is 15.0 Å². The van der Waals surface area contributed by atoms with Gasteiger partial charge in [-0.2, -0.15) is 0 Å². The van der Waals surface area contributed by atoms with Crippen LogP contribution in [0.3, 0.4) is 0 Å². The molecule has 2 aliphatic heterocycles. The standard InChI is InChI=1S/C20H24N4O3/c1-13(25-2)3-5-16-8-20(11-26-19(21)24-20)17-7-14(4-6-18(17)27-16)15-9-22-12-23-10-15/h4,6-7,9-10,12-13,16H,3,5,8,11H2,1-2H3,(H2,21,24)/t13-,16?,20?/m0/s1. The number of amidine groups is 1. The lowest BCUT2D eigenvalue weighted by Crippen LogP contribution is -2.38. The number of rotatable bonds is 5. The van der Waals surface area contributed by atoms with Gasteiger partial charge in [0.25, 0.3) is 6.02 Å². The van der Waals surface area contributed by atoms with Crippen LogP contribution < -0.4 is 10.5 Å². The van der Waals surface area contributed by atoms with E-state index in [0.29, 0.717) is 6.61 Å². The topological polar surface area (TPSA) is 91.9 Å². The molecule has 4 rings (SSSR count). The second kappa shape index (κ2) is 7.15. The number of aliphatic imine (C=N–C) groups is 1. The zero-order valence-corrected chi connectivity index (χ0v) is 15.6. The summed E-state index contributed by atoms with van der Waals surface area (Å²) in [6.45, 7) is 2.50. The van der Waals surface area contributed by atoms with Gasteiger partial charge in [0.15, 0.2) is 0 Å². The Labute approximate surface area is 158 Å². The van der Waals surface area contributed by atoms with Crippen LogP contribution in [0.5, 0.6) is 5.75 Å². The minimum atomic E-state index is -0.510. The van der Waals surface area contributed by atoms with Gasteiger partial charge < -0.3 is 19.9 Å². The van der Waals surface area contributed by atoms with Gasteiger partial charge >= 0.3 is 0 Å². The monoisotopic (exact) mass is 368 g/mol. The van der Waals surface area contributed by atoms with E-state index in [1.165, 1.54) is 6.33 Å². The number of ether oxygens (including phenoxy) is 3. The van der Waals surface area contributed by atoms with E-state index in [4.69, 9.17) is 19.9 Å². The average molecular weight is 368 g/mol. The van der Waals surface area contributed by atoms with Crippen LogP contribution in [0.25, 0.3) is 11.1 Å². The van der Waals surface area contributed by atoms with Gasteiger partial charge in [-0.3, -0.25) is 0 Å². The SMILES string of the molecule is CO[C@@H](C)CCC1CC2(COC(N)=N2)c2cc(-c3cncnc3)ccc2O1. The minimum Gasteiger partial charge on any atom is -0.490 e. The smallest absolute Gasteiger partial charge is 0.283 e. The average Bonchev–Trinajstić information content (AvgIpc) is 3.07. The van der Waals surface area contributed by atoms with Crippen molar-refractivity contribution < 1.29 is 14.2 Å². The Morgan fingerprint density at radius 3 is 2.81 bits per heavy atom. The van der Waals surface area contributed by atoms with E-state index in [1.807, 2.05) is 12.1 Å². The summed E-state index contributed by atoms with van der Waals surface area (Å²) in [7, 11) is 1.73. The number of aromatic nitrogens is 2. The number of hydrogen-bond donors (Lipinski definition) is 1. The number of hydrogen-bond acceptors (Lipinski definition) is 7. The first-order valence-corrected chi connectivity index (χ1v) is 9.17. The molecule has 0 bridgehead atoms. The van der Waals surface area contributed by atoms with Crippen LogP contribution in [0.2, 0.25) is 0 Å². The maximum atomic E-state index is 6.29. The molecular weight excluding hydrogens is 344 g/mol. The summed E-state index contributed by atoms with van der Waals surface area (Å²) < 4.78 is 17.2. The van der Waals surface area contributed by atoms with Crippen molar-refractivity contribution in [2.24, 2.45) is 10.7 Å². The van der Waals surface area contributed by atoms with E-state index < -0.39 is 5.54 Å². The van der Waals surface area contributed by atoms with Gasteiger partial charge in [0.2, 0.25) is 0 Å². The Morgan fingerprint density at radius 1 is 1.30 bits per heavy atom. The fourth-order valence-electron chi connectivity index (χ4n) is 3.74. The lowest BCUT2D eigenvalue weighted by atomic mass is 9.81. The molecule has 2 aliphatic rings. The summed E-state index contributed by atoms with van der Waals surface area (Å²) in [6.07, 6.45) is 7.89. The molecule has 1 aromatic carbocycles. The van der Waals surface area contributed by atoms with Crippen molar-refractivity contribution in [2.75, 3.05) is 13.7 Å². The predicted octanol–water partition coefficient (Wildman–Crippen LogP) is 2.65. The Morgan fingerprint density at radius 2 is 2.11 bits per heavy atom. The summed E-state index contributed by atoms with van der Waals surface area (Å²) in [5.41, 5.74) is 8.34. The molecule has 27 heavy (non-hydrogen) atoms. The van der Waals surface area contributed by atoms with Crippen LogP contribution >= 0.6 is 0 Å². The van der Waals surface area contributed by atoms with Crippen molar-refractivity contribution in [1.82, 2.24) is 9.97 Å². The molecule has 0 aliphatic carbocycles. The molecule has 0 amide bonds. The summed E-state index contributed by atoms with van der Waals surface area (Å²) >= 11 is 0. The molecule has 0 radical (unpaired) electrons. The third kappa shape index (κ3) is 3.47. The molecule has 2 unspecified atom stereocenters. The fraction of sp³-hybridized carbons (Fsp3) is 0.450.